The molecule has 0 aliphatic carbocycles. The van der Waals surface area contributed by atoms with Gasteiger partial charge >= 0.3 is 5.97 Å². The van der Waals surface area contributed by atoms with Crippen molar-refractivity contribution in [1.29, 1.82) is 0 Å². The Morgan fingerprint density at radius 1 is 1.24 bits per heavy atom. The molecule has 17 heavy (non-hydrogen) atoms. The molecule has 0 atom stereocenters. The molecule has 1 rings (SSSR count). The quantitative estimate of drug-likeness (QED) is 0.375. The summed E-state index contributed by atoms with van der Waals surface area (Å²) in [6.45, 7) is 3.16. The number of allylic oxidation sites excluding steroid dienone is 1. The number of benzene rings is 1. The molecule has 0 aromatic heterocycles. The number of ether oxygens (including phenoxy) is 1. The maximum Gasteiger partial charge on any atom is 0.373 e. The van der Waals surface area contributed by atoms with Crippen LogP contribution in [0.25, 0.3) is 0 Å². The molecule has 0 spiro atoms. The number of hydrogen-bond donors (Lipinski definition) is 1. The van der Waals surface area contributed by atoms with Gasteiger partial charge in [-0.2, -0.15) is 0 Å². The second kappa shape index (κ2) is 5.84. The highest BCUT2D eigenvalue weighted by Gasteiger charge is 2.18. The normalized spacial score (nSPS) is 11.6. The number of carbonyl (C=O) groups excluding carboxylic acids is 2. The zero-order valence-electron chi connectivity index (χ0n) is 9.77. The lowest BCUT2D eigenvalue weighted by Crippen LogP contribution is -2.13. The number of aliphatic hydroxyl groups is 1. The van der Waals surface area contributed by atoms with E-state index in [0.29, 0.717) is 5.56 Å². The van der Waals surface area contributed by atoms with Crippen molar-refractivity contribution in [2.24, 2.45) is 0 Å². The van der Waals surface area contributed by atoms with Crippen molar-refractivity contribution in [1.82, 2.24) is 0 Å². The lowest BCUT2D eigenvalue weighted by Gasteiger charge is -2.05. The van der Waals surface area contributed by atoms with Crippen molar-refractivity contribution in [2.75, 3.05) is 6.61 Å². The summed E-state index contributed by atoms with van der Waals surface area (Å²) in [5, 5.41) is 9.53. The van der Waals surface area contributed by atoms with E-state index in [4.69, 9.17) is 0 Å². The Hall–Kier alpha value is -2.10. The standard InChI is InChI=1S/C13H14O4/c1-3-17-13(16)12(15)9(2)11(14)10-7-5-4-6-8-10/h4-8,15H,3H2,1-2H3/b12-9-. The highest BCUT2D eigenvalue weighted by Crippen LogP contribution is 2.11. The van der Waals surface area contributed by atoms with Crippen LogP contribution in [0.1, 0.15) is 24.2 Å². The Morgan fingerprint density at radius 3 is 2.35 bits per heavy atom. The molecular weight excluding hydrogens is 220 g/mol. The summed E-state index contributed by atoms with van der Waals surface area (Å²) in [4.78, 5) is 23.1. The van der Waals surface area contributed by atoms with E-state index in [2.05, 4.69) is 4.74 Å². The molecule has 0 unspecified atom stereocenters. The van der Waals surface area contributed by atoms with Crippen LogP contribution >= 0.6 is 0 Å². The summed E-state index contributed by atoms with van der Waals surface area (Å²) in [5.74, 6) is -1.91. The van der Waals surface area contributed by atoms with Gasteiger partial charge in [-0.15, -0.1) is 0 Å². The first-order valence-corrected chi connectivity index (χ1v) is 5.24. The third kappa shape index (κ3) is 3.17. The first-order valence-electron chi connectivity index (χ1n) is 5.24. The van der Waals surface area contributed by atoms with E-state index in [-0.39, 0.29) is 12.2 Å². The summed E-state index contributed by atoms with van der Waals surface area (Å²) < 4.78 is 4.61. The largest absolute Gasteiger partial charge is 0.502 e. The highest BCUT2D eigenvalue weighted by atomic mass is 16.5. The first kappa shape index (κ1) is 13.0. The van der Waals surface area contributed by atoms with Crippen LogP contribution in [-0.2, 0) is 9.53 Å². The summed E-state index contributed by atoms with van der Waals surface area (Å²) in [5.41, 5.74) is 0.399. The van der Waals surface area contributed by atoms with Crippen molar-refractivity contribution in [3.63, 3.8) is 0 Å². The van der Waals surface area contributed by atoms with Gasteiger partial charge in [-0.1, -0.05) is 30.3 Å². The Labute approximate surface area is 99.5 Å². The summed E-state index contributed by atoms with van der Waals surface area (Å²) in [6.07, 6.45) is 0. The first-order chi connectivity index (χ1) is 8.07. The molecule has 4 nitrogen and oxygen atoms in total. The van der Waals surface area contributed by atoms with Crippen LogP contribution in [-0.4, -0.2) is 23.5 Å². The Kier molecular flexibility index (Phi) is 4.46. The lowest BCUT2D eigenvalue weighted by molar-refractivity contribution is -0.141. The minimum atomic E-state index is -0.880. The maximum atomic E-state index is 11.9. The average Bonchev–Trinajstić information content (AvgIpc) is 2.37. The van der Waals surface area contributed by atoms with Crippen molar-refractivity contribution in [3.05, 3.63) is 47.2 Å². The molecule has 0 aliphatic heterocycles. The summed E-state index contributed by atoms with van der Waals surface area (Å²) in [7, 11) is 0. The second-order valence-corrected chi connectivity index (χ2v) is 3.39. The summed E-state index contributed by atoms with van der Waals surface area (Å²) >= 11 is 0. The molecule has 0 saturated carbocycles. The molecule has 0 saturated heterocycles. The van der Waals surface area contributed by atoms with Crippen molar-refractivity contribution in [2.45, 2.75) is 13.8 Å². The van der Waals surface area contributed by atoms with Crippen LogP contribution in [0.3, 0.4) is 0 Å². The van der Waals surface area contributed by atoms with E-state index in [1.807, 2.05) is 0 Å². The van der Waals surface area contributed by atoms with Gasteiger partial charge in [-0.3, -0.25) is 4.79 Å². The molecule has 1 aromatic carbocycles. The smallest absolute Gasteiger partial charge is 0.373 e. The fourth-order valence-corrected chi connectivity index (χ4v) is 1.27. The number of ketones is 1. The Balaban J connectivity index is 2.96. The molecule has 0 fully saturated rings. The second-order valence-electron chi connectivity index (χ2n) is 3.39. The minimum Gasteiger partial charge on any atom is -0.502 e. The monoisotopic (exact) mass is 234 g/mol. The van der Waals surface area contributed by atoms with Crippen LogP contribution in [0.15, 0.2) is 41.7 Å². The van der Waals surface area contributed by atoms with Crippen molar-refractivity contribution in [3.8, 4) is 0 Å². The maximum absolute atomic E-state index is 11.9. The molecular formula is C13H14O4. The Bertz CT molecular complexity index is 446. The summed E-state index contributed by atoms with van der Waals surface area (Å²) in [6, 6.07) is 8.43. The zero-order valence-corrected chi connectivity index (χ0v) is 9.77. The van der Waals surface area contributed by atoms with Gasteiger partial charge in [0, 0.05) is 11.1 Å². The Morgan fingerprint density at radius 2 is 1.82 bits per heavy atom. The molecule has 0 aliphatic rings. The number of esters is 1. The van der Waals surface area contributed by atoms with Gasteiger partial charge in [0.15, 0.2) is 5.78 Å². The third-order valence-electron chi connectivity index (χ3n) is 2.20. The van der Waals surface area contributed by atoms with E-state index in [1.165, 1.54) is 6.92 Å². The third-order valence-corrected chi connectivity index (χ3v) is 2.20. The average molecular weight is 234 g/mol. The number of rotatable bonds is 4. The van der Waals surface area contributed by atoms with Gasteiger partial charge in [-0.25, -0.2) is 4.79 Å². The SMILES string of the molecule is CCOC(=O)/C(O)=C(\C)C(=O)c1ccccc1. The predicted molar refractivity (Wildman–Crippen MR) is 62.7 cm³/mol. The molecule has 90 valence electrons. The molecule has 0 amide bonds. The van der Waals surface area contributed by atoms with Crippen LogP contribution in [0.2, 0.25) is 0 Å². The van der Waals surface area contributed by atoms with Gasteiger partial charge in [-0.05, 0) is 13.8 Å². The topological polar surface area (TPSA) is 63.6 Å². The number of aliphatic hydroxyl groups excluding tert-OH is 1. The van der Waals surface area contributed by atoms with E-state index in [0.717, 1.165) is 0 Å². The van der Waals surface area contributed by atoms with E-state index in [9.17, 15) is 14.7 Å². The van der Waals surface area contributed by atoms with Crippen LogP contribution in [0, 0.1) is 0 Å². The van der Waals surface area contributed by atoms with Gasteiger partial charge < -0.3 is 9.84 Å². The van der Waals surface area contributed by atoms with Gasteiger partial charge in [0.2, 0.25) is 5.76 Å². The van der Waals surface area contributed by atoms with Crippen LogP contribution < -0.4 is 0 Å². The molecule has 4 heteroatoms. The molecule has 0 heterocycles. The number of hydrogen-bond acceptors (Lipinski definition) is 4. The molecule has 1 aromatic rings. The molecule has 0 radical (unpaired) electrons. The fraction of sp³-hybridized carbons (Fsp3) is 0.231. The van der Waals surface area contributed by atoms with Crippen molar-refractivity contribution >= 4 is 11.8 Å². The van der Waals surface area contributed by atoms with Crippen LogP contribution in [0.5, 0.6) is 0 Å². The van der Waals surface area contributed by atoms with Crippen molar-refractivity contribution < 1.29 is 19.4 Å². The zero-order chi connectivity index (χ0) is 12.8. The van der Waals surface area contributed by atoms with E-state index >= 15 is 0 Å². The van der Waals surface area contributed by atoms with Gasteiger partial charge in [0.1, 0.15) is 0 Å². The number of Topliss-reactive ketones (excluding diaryl/α,β-unsaturated/α-hetero) is 1. The molecule has 0 bridgehead atoms. The number of carbonyl (C=O) groups is 2. The highest BCUT2D eigenvalue weighted by molar-refractivity contribution is 6.11. The fourth-order valence-electron chi connectivity index (χ4n) is 1.27. The predicted octanol–water partition coefficient (Wildman–Crippen LogP) is 2.26. The van der Waals surface area contributed by atoms with E-state index < -0.39 is 17.5 Å². The van der Waals surface area contributed by atoms with Gasteiger partial charge in [0.25, 0.3) is 0 Å². The van der Waals surface area contributed by atoms with Crippen LogP contribution in [0.4, 0.5) is 0 Å². The minimum absolute atomic E-state index is 0.0188. The lowest BCUT2D eigenvalue weighted by atomic mass is 10.0. The molecule has 1 N–H and O–H groups in total. The van der Waals surface area contributed by atoms with E-state index in [1.54, 1.807) is 37.3 Å². The van der Waals surface area contributed by atoms with Gasteiger partial charge in [0.05, 0.1) is 6.61 Å².